The fourth-order valence-corrected chi connectivity index (χ4v) is 2.33. The Bertz CT molecular complexity index is 393. The lowest BCUT2D eigenvalue weighted by Gasteiger charge is -2.26. The van der Waals surface area contributed by atoms with Crippen LogP contribution in [-0.2, 0) is 9.53 Å². The zero-order valence-electron chi connectivity index (χ0n) is 10.6. The normalized spacial score (nSPS) is 22.9. The van der Waals surface area contributed by atoms with Crippen LogP contribution in [0.15, 0.2) is 30.3 Å². The smallest absolute Gasteiger partial charge is 0.323 e. The summed E-state index contributed by atoms with van der Waals surface area (Å²) in [6, 6.07) is 9.63. The molecule has 2 unspecified atom stereocenters. The molecular formula is C14H19NO3. The van der Waals surface area contributed by atoms with Gasteiger partial charge in [0.2, 0.25) is 0 Å². The van der Waals surface area contributed by atoms with Crippen LogP contribution in [0.3, 0.4) is 0 Å². The summed E-state index contributed by atoms with van der Waals surface area (Å²) < 4.78 is 5.76. The lowest BCUT2D eigenvalue weighted by Crippen LogP contribution is -2.36. The molecule has 1 aromatic carbocycles. The second kappa shape index (κ2) is 5.87. The first-order chi connectivity index (χ1) is 8.65. The number of ether oxygens (including phenoxy) is 1. The fraction of sp³-hybridized carbons (Fsp3) is 0.500. The van der Waals surface area contributed by atoms with E-state index in [-0.39, 0.29) is 18.8 Å². The molecule has 4 nitrogen and oxygen atoms in total. The monoisotopic (exact) mass is 249 g/mol. The third-order valence-corrected chi connectivity index (χ3v) is 3.19. The van der Waals surface area contributed by atoms with Crippen LogP contribution in [0.1, 0.15) is 19.8 Å². The van der Waals surface area contributed by atoms with Gasteiger partial charge in [-0.1, -0.05) is 18.2 Å². The van der Waals surface area contributed by atoms with Crippen molar-refractivity contribution in [2.75, 3.05) is 18.0 Å². The van der Waals surface area contributed by atoms with Gasteiger partial charge in [-0.3, -0.25) is 4.79 Å². The summed E-state index contributed by atoms with van der Waals surface area (Å²) in [6.07, 6.45) is 2.49. The Balaban J connectivity index is 2.03. The van der Waals surface area contributed by atoms with E-state index < -0.39 is 5.97 Å². The third kappa shape index (κ3) is 3.47. The molecule has 0 spiro atoms. The summed E-state index contributed by atoms with van der Waals surface area (Å²) in [7, 11) is 0. The van der Waals surface area contributed by atoms with Gasteiger partial charge >= 0.3 is 5.97 Å². The zero-order valence-corrected chi connectivity index (χ0v) is 10.6. The predicted octanol–water partition coefficient (Wildman–Crippen LogP) is 2.15. The average Bonchev–Trinajstić information content (AvgIpc) is 2.75. The first-order valence-corrected chi connectivity index (χ1v) is 6.32. The molecule has 2 rings (SSSR count). The van der Waals surface area contributed by atoms with Crippen molar-refractivity contribution in [3.05, 3.63) is 30.3 Å². The highest BCUT2D eigenvalue weighted by Gasteiger charge is 2.24. The van der Waals surface area contributed by atoms with E-state index in [0.717, 1.165) is 18.5 Å². The molecule has 2 atom stereocenters. The van der Waals surface area contributed by atoms with Crippen molar-refractivity contribution in [2.45, 2.75) is 32.0 Å². The van der Waals surface area contributed by atoms with E-state index in [1.165, 1.54) is 0 Å². The van der Waals surface area contributed by atoms with Gasteiger partial charge in [-0.2, -0.15) is 0 Å². The number of carboxylic acid groups (broad SMARTS) is 1. The lowest BCUT2D eigenvalue weighted by atomic mass is 10.2. The van der Waals surface area contributed by atoms with Gasteiger partial charge in [-0.15, -0.1) is 0 Å². The number of rotatable bonds is 5. The van der Waals surface area contributed by atoms with Crippen LogP contribution in [0.4, 0.5) is 5.69 Å². The molecule has 4 heteroatoms. The van der Waals surface area contributed by atoms with Crippen LogP contribution in [0.2, 0.25) is 0 Å². The van der Waals surface area contributed by atoms with Crippen molar-refractivity contribution in [1.82, 2.24) is 0 Å². The van der Waals surface area contributed by atoms with E-state index in [0.29, 0.717) is 6.54 Å². The molecule has 98 valence electrons. The van der Waals surface area contributed by atoms with Gasteiger partial charge < -0.3 is 14.7 Å². The number of nitrogens with zero attached hydrogens (tertiary/aromatic N) is 1. The Kier molecular flexibility index (Phi) is 4.20. The summed E-state index contributed by atoms with van der Waals surface area (Å²) in [5.74, 6) is -0.815. The Morgan fingerprint density at radius 3 is 2.67 bits per heavy atom. The summed E-state index contributed by atoms with van der Waals surface area (Å²) in [5, 5.41) is 8.99. The molecule has 1 fully saturated rings. The molecule has 1 saturated heterocycles. The maximum Gasteiger partial charge on any atom is 0.323 e. The molecule has 1 N–H and O–H groups in total. The molecule has 1 aromatic rings. The number of aliphatic carboxylic acids is 1. The molecule has 0 radical (unpaired) electrons. The molecular weight excluding hydrogens is 230 g/mol. The molecule has 0 aromatic heterocycles. The van der Waals surface area contributed by atoms with Crippen molar-refractivity contribution >= 4 is 11.7 Å². The highest BCUT2D eigenvalue weighted by Crippen LogP contribution is 2.22. The SMILES string of the molecule is CC1CCC(CN(CC(=O)O)c2ccccc2)O1. The van der Waals surface area contributed by atoms with Crippen LogP contribution >= 0.6 is 0 Å². The first kappa shape index (κ1) is 12.9. The van der Waals surface area contributed by atoms with Gasteiger partial charge in [0, 0.05) is 12.2 Å². The van der Waals surface area contributed by atoms with Gasteiger partial charge in [0.05, 0.1) is 12.2 Å². The van der Waals surface area contributed by atoms with Crippen LogP contribution in [0.5, 0.6) is 0 Å². The van der Waals surface area contributed by atoms with E-state index in [2.05, 4.69) is 6.92 Å². The third-order valence-electron chi connectivity index (χ3n) is 3.19. The van der Waals surface area contributed by atoms with Crippen molar-refractivity contribution < 1.29 is 14.6 Å². The van der Waals surface area contributed by atoms with E-state index >= 15 is 0 Å². The predicted molar refractivity (Wildman–Crippen MR) is 69.9 cm³/mol. The molecule has 1 heterocycles. The van der Waals surface area contributed by atoms with Crippen molar-refractivity contribution in [2.24, 2.45) is 0 Å². The number of anilines is 1. The summed E-state index contributed by atoms with van der Waals surface area (Å²) >= 11 is 0. The standard InChI is InChI=1S/C14H19NO3/c1-11-7-8-13(18-11)9-15(10-14(16)17)12-5-3-2-4-6-12/h2-6,11,13H,7-10H2,1H3,(H,16,17). The number of benzene rings is 1. The Labute approximate surface area is 107 Å². The van der Waals surface area contributed by atoms with Crippen LogP contribution in [0, 0.1) is 0 Å². The molecule has 0 aliphatic carbocycles. The number of hydrogen-bond acceptors (Lipinski definition) is 3. The maximum atomic E-state index is 10.9. The topological polar surface area (TPSA) is 49.8 Å². The Morgan fingerprint density at radius 2 is 2.11 bits per heavy atom. The number of hydrogen-bond donors (Lipinski definition) is 1. The van der Waals surface area contributed by atoms with Crippen molar-refractivity contribution in [1.29, 1.82) is 0 Å². The molecule has 0 amide bonds. The zero-order chi connectivity index (χ0) is 13.0. The lowest BCUT2D eigenvalue weighted by molar-refractivity contribution is -0.135. The van der Waals surface area contributed by atoms with E-state index in [1.807, 2.05) is 35.2 Å². The first-order valence-electron chi connectivity index (χ1n) is 6.32. The minimum absolute atomic E-state index is 0.0122. The van der Waals surface area contributed by atoms with Gasteiger partial charge in [-0.05, 0) is 31.9 Å². The van der Waals surface area contributed by atoms with Crippen molar-refractivity contribution in [3.8, 4) is 0 Å². The van der Waals surface area contributed by atoms with Gasteiger partial charge in [0.25, 0.3) is 0 Å². The minimum Gasteiger partial charge on any atom is -0.480 e. The minimum atomic E-state index is -0.815. The highest BCUT2D eigenvalue weighted by atomic mass is 16.5. The van der Waals surface area contributed by atoms with Crippen LogP contribution in [0.25, 0.3) is 0 Å². The summed E-state index contributed by atoms with van der Waals surface area (Å²) in [4.78, 5) is 12.8. The maximum absolute atomic E-state index is 10.9. The second-order valence-corrected chi connectivity index (χ2v) is 4.76. The number of carboxylic acids is 1. The number of para-hydroxylation sites is 1. The average molecular weight is 249 g/mol. The highest BCUT2D eigenvalue weighted by molar-refractivity contribution is 5.73. The van der Waals surface area contributed by atoms with E-state index in [9.17, 15) is 4.79 Å². The number of carbonyl (C=O) groups is 1. The summed E-state index contributed by atoms with van der Waals surface area (Å²) in [5.41, 5.74) is 0.933. The summed E-state index contributed by atoms with van der Waals surface area (Å²) in [6.45, 7) is 2.71. The molecule has 1 aliphatic rings. The van der Waals surface area contributed by atoms with Crippen LogP contribution < -0.4 is 4.90 Å². The largest absolute Gasteiger partial charge is 0.480 e. The Morgan fingerprint density at radius 1 is 1.39 bits per heavy atom. The molecule has 0 saturated carbocycles. The fourth-order valence-electron chi connectivity index (χ4n) is 2.33. The molecule has 1 aliphatic heterocycles. The van der Waals surface area contributed by atoms with Gasteiger partial charge in [-0.25, -0.2) is 0 Å². The Hall–Kier alpha value is -1.55. The molecule has 0 bridgehead atoms. The van der Waals surface area contributed by atoms with Gasteiger partial charge in [0.1, 0.15) is 6.54 Å². The van der Waals surface area contributed by atoms with Crippen LogP contribution in [-0.4, -0.2) is 36.4 Å². The quantitative estimate of drug-likeness (QED) is 0.868. The molecule has 18 heavy (non-hydrogen) atoms. The van der Waals surface area contributed by atoms with E-state index in [1.54, 1.807) is 0 Å². The van der Waals surface area contributed by atoms with Gasteiger partial charge in [0.15, 0.2) is 0 Å². The van der Waals surface area contributed by atoms with E-state index in [4.69, 9.17) is 9.84 Å². The van der Waals surface area contributed by atoms with Crippen molar-refractivity contribution in [3.63, 3.8) is 0 Å². The second-order valence-electron chi connectivity index (χ2n) is 4.76.